The highest BCUT2D eigenvalue weighted by molar-refractivity contribution is 6.38. The molecule has 1 aliphatic rings. The van der Waals surface area contributed by atoms with Crippen molar-refractivity contribution in [3.05, 3.63) is 27.7 Å². The van der Waals surface area contributed by atoms with Crippen LogP contribution in [0.3, 0.4) is 0 Å². The van der Waals surface area contributed by atoms with Gasteiger partial charge in [0.25, 0.3) is 5.91 Å². The third-order valence-electron chi connectivity index (χ3n) is 3.26. The molecule has 0 aromatic heterocycles. The Morgan fingerprint density at radius 3 is 2.78 bits per heavy atom. The molecule has 1 aliphatic heterocycles. The van der Waals surface area contributed by atoms with E-state index in [9.17, 15) is 4.79 Å². The molecule has 98 valence electrons. The van der Waals surface area contributed by atoms with E-state index in [1.54, 1.807) is 6.07 Å². The highest BCUT2D eigenvalue weighted by Gasteiger charge is 2.24. The van der Waals surface area contributed by atoms with Crippen LogP contribution in [0.5, 0.6) is 0 Å². The standard InChI is InChI=1S/C13H16Cl2N2O/c1-8-3-2-4-17(7-8)13(18)9-5-12(16)11(15)6-10(9)14/h5-6,8H,2-4,7,16H2,1H3/t8-/m1/s1. The first-order chi connectivity index (χ1) is 8.49. The summed E-state index contributed by atoms with van der Waals surface area (Å²) < 4.78 is 0. The summed E-state index contributed by atoms with van der Waals surface area (Å²) in [6.45, 7) is 3.71. The third-order valence-corrected chi connectivity index (χ3v) is 3.90. The first kappa shape index (κ1) is 13.5. The lowest BCUT2D eigenvalue weighted by atomic mass is 9.99. The van der Waals surface area contributed by atoms with E-state index in [1.165, 1.54) is 12.5 Å². The number of hydrogen-bond donors (Lipinski definition) is 1. The van der Waals surface area contributed by atoms with Gasteiger partial charge in [-0.05, 0) is 30.9 Å². The third kappa shape index (κ3) is 2.73. The monoisotopic (exact) mass is 286 g/mol. The van der Waals surface area contributed by atoms with Crippen LogP contribution in [0.15, 0.2) is 12.1 Å². The Morgan fingerprint density at radius 1 is 1.39 bits per heavy atom. The maximum Gasteiger partial charge on any atom is 0.255 e. The van der Waals surface area contributed by atoms with Gasteiger partial charge in [-0.3, -0.25) is 4.79 Å². The van der Waals surface area contributed by atoms with E-state index >= 15 is 0 Å². The predicted octanol–water partition coefficient (Wildman–Crippen LogP) is 3.45. The van der Waals surface area contributed by atoms with Gasteiger partial charge >= 0.3 is 0 Å². The SMILES string of the molecule is C[C@@H]1CCCN(C(=O)c2cc(N)c(Cl)cc2Cl)C1. The molecular formula is C13H16Cl2N2O. The van der Waals surface area contributed by atoms with Gasteiger partial charge in [0.15, 0.2) is 0 Å². The zero-order chi connectivity index (χ0) is 13.3. The molecule has 0 bridgehead atoms. The number of amides is 1. The van der Waals surface area contributed by atoms with Crippen molar-refractivity contribution in [3.8, 4) is 0 Å². The highest BCUT2D eigenvalue weighted by atomic mass is 35.5. The molecule has 1 atom stereocenters. The molecule has 18 heavy (non-hydrogen) atoms. The fourth-order valence-electron chi connectivity index (χ4n) is 2.27. The molecule has 1 saturated heterocycles. The Balaban J connectivity index is 2.25. The average Bonchev–Trinajstić information content (AvgIpc) is 2.33. The van der Waals surface area contributed by atoms with Crippen molar-refractivity contribution in [3.63, 3.8) is 0 Å². The number of nitrogens with two attached hydrogens (primary N) is 1. The van der Waals surface area contributed by atoms with Crippen LogP contribution in [0.1, 0.15) is 30.1 Å². The quantitative estimate of drug-likeness (QED) is 0.804. The summed E-state index contributed by atoms with van der Waals surface area (Å²) in [7, 11) is 0. The Morgan fingerprint density at radius 2 is 2.11 bits per heavy atom. The van der Waals surface area contributed by atoms with Gasteiger partial charge in [0.2, 0.25) is 0 Å². The van der Waals surface area contributed by atoms with Crippen molar-refractivity contribution in [1.29, 1.82) is 0 Å². The molecule has 0 aliphatic carbocycles. The molecule has 3 nitrogen and oxygen atoms in total. The number of anilines is 1. The first-order valence-corrected chi connectivity index (χ1v) is 6.78. The predicted molar refractivity (Wildman–Crippen MR) is 75.2 cm³/mol. The summed E-state index contributed by atoms with van der Waals surface area (Å²) in [6.07, 6.45) is 2.20. The van der Waals surface area contributed by atoms with Gasteiger partial charge in [-0.25, -0.2) is 0 Å². The Kier molecular flexibility index (Phi) is 4.03. The number of carbonyl (C=O) groups is 1. The zero-order valence-electron chi connectivity index (χ0n) is 10.2. The summed E-state index contributed by atoms with van der Waals surface area (Å²) in [5.74, 6) is 0.473. The van der Waals surface area contributed by atoms with E-state index in [1.807, 2.05) is 4.90 Å². The number of rotatable bonds is 1. The topological polar surface area (TPSA) is 46.3 Å². The first-order valence-electron chi connectivity index (χ1n) is 6.03. The minimum atomic E-state index is -0.0603. The fraction of sp³-hybridized carbons (Fsp3) is 0.462. The highest BCUT2D eigenvalue weighted by Crippen LogP contribution is 2.29. The molecule has 0 radical (unpaired) electrons. The van der Waals surface area contributed by atoms with Crippen molar-refractivity contribution >= 4 is 34.8 Å². The molecular weight excluding hydrogens is 271 g/mol. The molecule has 5 heteroatoms. The summed E-state index contributed by atoms with van der Waals surface area (Å²) in [5.41, 5.74) is 6.54. The summed E-state index contributed by atoms with van der Waals surface area (Å²) in [6, 6.07) is 3.09. The van der Waals surface area contributed by atoms with Crippen molar-refractivity contribution in [2.45, 2.75) is 19.8 Å². The van der Waals surface area contributed by atoms with E-state index in [0.717, 1.165) is 19.5 Å². The molecule has 0 saturated carbocycles. The number of nitrogens with zero attached hydrogens (tertiary/aromatic N) is 1. The zero-order valence-corrected chi connectivity index (χ0v) is 11.8. The molecule has 0 spiro atoms. The van der Waals surface area contributed by atoms with Gasteiger partial charge in [-0.1, -0.05) is 30.1 Å². The van der Waals surface area contributed by atoms with E-state index in [-0.39, 0.29) is 5.91 Å². The van der Waals surface area contributed by atoms with Crippen LogP contribution in [0, 0.1) is 5.92 Å². The Hall–Kier alpha value is -0.930. The van der Waals surface area contributed by atoms with Crippen molar-refractivity contribution in [2.24, 2.45) is 5.92 Å². The number of halogens is 2. The number of hydrogen-bond acceptors (Lipinski definition) is 2. The van der Waals surface area contributed by atoms with Crippen LogP contribution < -0.4 is 5.73 Å². The van der Waals surface area contributed by atoms with Gasteiger partial charge in [0.1, 0.15) is 0 Å². The average molecular weight is 287 g/mol. The van der Waals surface area contributed by atoms with Crippen LogP contribution in [0.25, 0.3) is 0 Å². The Labute approximate surface area is 117 Å². The number of benzene rings is 1. The smallest absolute Gasteiger partial charge is 0.255 e. The van der Waals surface area contributed by atoms with Gasteiger partial charge in [-0.15, -0.1) is 0 Å². The molecule has 0 unspecified atom stereocenters. The molecule has 1 fully saturated rings. The van der Waals surface area contributed by atoms with Gasteiger partial charge in [0.05, 0.1) is 21.3 Å². The minimum absolute atomic E-state index is 0.0603. The van der Waals surface area contributed by atoms with E-state index < -0.39 is 0 Å². The number of nitrogen functional groups attached to an aromatic ring is 1. The number of piperidine rings is 1. The van der Waals surface area contributed by atoms with Crippen molar-refractivity contribution in [1.82, 2.24) is 4.90 Å². The molecule has 2 rings (SSSR count). The maximum absolute atomic E-state index is 12.4. The second-order valence-corrected chi connectivity index (χ2v) is 5.67. The van der Waals surface area contributed by atoms with Gasteiger partial charge in [-0.2, -0.15) is 0 Å². The van der Waals surface area contributed by atoms with Crippen molar-refractivity contribution < 1.29 is 4.79 Å². The summed E-state index contributed by atoms with van der Waals surface area (Å²) in [5, 5.41) is 0.737. The molecule has 1 aromatic rings. The lowest BCUT2D eigenvalue weighted by Crippen LogP contribution is -2.39. The van der Waals surface area contributed by atoms with Crippen LogP contribution in [-0.2, 0) is 0 Å². The van der Waals surface area contributed by atoms with E-state index in [2.05, 4.69) is 6.92 Å². The lowest BCUT2D eigenvalue weighted by Gasteiger charge is -2.31. The molecule has 1 aromatic carbocycles. The van der Waals surface area contributed by atoms with Crippen LogP contribution in [0.2, 0.25) is 10.0 Å². The largest absolute Gasteiger partial charge is 0.398 e. The molecule has 2 N–H and O–H groups in total. The number of carbonyl (C=O) groups excluding carboxylic acids is 1. The summed E-state index contributed by atoms with van der Waals surface area (Å²) in [4.78, 5) is 14.2. The van der Waals surface area contributed by atoms with E-state index in [4.69, 9.17) is 28.9 Å². The van der Waals surface area contributed by atoms with Gasteiger partial charge in [0, 0.05) is 13.1 Å². The van der Waals surface area contributed by atoms with Crippen molar-refractivity contribution in [2.75, 3.05) is 18.8 Å². The molecule has 1 amide bonds. The molecule has 1 heterocycles. The van der Waals surface area contributed by atoms with E-state index in [0.29, 0.717) is 27.2 Å². The second-order valence-electron chi connectivity index (χ2n) is 4.85. The maximum atomic E-state index is 12.4. The van der Waals surface area contributed by atoms with Crippen LogP contribution in [-0.4, -0.2) is 23.9 Å². The minimum Gasteiger partial charge on any atom is -0.398 e. The summed E-state index contributed by atoms with van der Waals surface area (Å²) >= 11 is 11.9. The van der Waals surface area contributed by atoms with Crippen LogP contribution in [0.4, 0.5) is 5.69 Å². The van der Waals surface area contributed by atoms with Crippen LogP contribution >= 0.6 is 23.2 Å². The fourth-order valence-corrected chi connectivity index (χ4v) is 2.74. The Bertz CT molecular complexity index is 476. The second kappa shape index (κ2) is 5.37. The van der Waals surface area contributed by atoms with Gasteiger partial charge < -0.3 is 10.6 Å². The lowest BCUT2D eigenvalue weighted by molar-refractivity contribution is 0.0683. The number of likely N-dealkylation sites (tertiary alicyclic amines) is 1. The normalized spacial score (nSPS) is 19.9.